The van der Waals surface area contributed by atoms with Crippen LogP contribution in [-0.2, 0) is 4.79 Å². The fourth-order valence-electron chi connectivity index (χ4n) is 4.48. The number of pyridine rings is 1. The highest BCUT2D eigenvalue weighted by atomic mass is 16.6. The Hall–Kier alpha value is -5.19. The molecule has 0 atom stereocenters. The number of hydrogen-bond acceptors (Lipinski definition) is 7. The first kappa shape index (κ1) is 23.2. The summed E-state index contributed by atoms with van der Waals surface area (Å²) in [5.74, 6) is 0.175. The molecule has 1 aliphatic rings. The minimum absolute atomic E-state index is 0.0752. The molecule has 0 saturated carbocycles. The summed E-state index contributed by atoms with van der Waals surface area (Å²) in [6.45, 7) is 2.68. The van der Waals surface area contributed by atoms with E-state index >= 15 is 0 Å². The molecule has 11 heteroatoms. The quantitative estimate of drug-likeness (QED) is 0.356. The zero-order chi connectivity index (χ0) is 26.2. The Labute approximate surface area is 216 Å². The second-order valence-electron chi connectivity index (χ2n) is 8.70. The highest BCUT2D eigenvalue weighted by molar-refractivity contribution is 5.94. The van der Waals surface area contributed by atoms with Crippen LogP contribution < -0.4 is 14.8 Å². The number of carboxylic acid groups (broad SMARTS) is 1. The highest BCUT2D eigenvalue weighted by Gasteiger charge is 2.17. The fourth-order valence-corrected chi connectivity index (χ4v) is 4.48. The maximum absolute atomic E-state index is 12.1. The number of nitrogens with zero attached hydrogens (tertiary/aromatic N) is 5. The summed E-state index contributed by atoms with van der Waals surface area (Å²) in [5.41, 5.74) is 5.95. The average molecular weight is 511 g/mol. The molecule has 6 rings (SSSR count). The van der Waals surface area contributed by atoms with Crippen molar-refractivity contribution >= 4 is 17.5 Å². The van der Waals surface area contributed by atoms with Crippen LogP contribution in [0.5, 0.6) is 11.5 Å². The second-order valence-corrected chi connectivity index (χ2v) is 8.70. The lowest BCUT2D eigenvalue weighted by atomic mass is 9.93. The van der Waals surface area contributed by atoms with E-state index in [4.69, 9.17) is 14.6 Å². The minimum Gasteiger partial charge on any atom is -0.486 e. The van der Waals surface area contributed by atoms with E-state index in [1.807, 2.05) is 42.6 Å². The smallest absolute Gasteiger partial charge is 0.322 e. The number of rotatable bonds is 6. The molecule has 5 aromatic rings. The second kappa shape index (κ2) is 9.36. The Balaban J connectivity index is 1.31. The van der Waals surface area contributed by atoms with Crippen molar-refractivity contribution in [3.63, 3.8) is 0 Å². The van der Waals surface area contributed by atoms with Crippen molar-refractivity contribution in [1.82, 2.24) is 29.7 Å². The normalized spacial score (nSPS) is 12.4. The van der Waals surface area contributed by atoms with Gasteiger partial charge >= 0.3 is 5.97 Å². The van der Waals surface area contributed by atoms with E-state index in [1.54, 1.807) is 10.6 Å². The molecular weight excluding hydrogens is 488 g/mol. The third kappa shape index (κ3) is 4.19. The molecule has 1 aliphatic heterocycles. The Morgan fingerprint density at radius 2 is 1.71 bits per heavy atom. The number of aliphatic carboxylic acids is 1. The van der Waals surface area contributed by atoms with Crippen molar-refractivity contribution in [2.24, 2.45) is 0 Å². The van der Waals surface area contributed by atoms with Crippen molar-refractivity contribution in [3.05, 3.63) is 78.2 Å². The lowest BCUT2D eigenvalue weighted by Gasteiger charge is -2.19. The van der Waals surface area contributed by atoms with Crippen LogP contribution in [0.15, 0.2) is 67.0 Å². The van der Waals surface area contributed by atoms with Crippen LogP contribution in [0.2, 0.25) is 0 Å². The van der Waals surface area contributed by atoms with E-state index in [-0.39, 0.29) is 5.69 Å². The third-order valence-electron chi connectivity index (χ3n) is 6.32. The monoisotopic (exact) mass is 510 g/mol. The lowest BCUT2D eigenvalue weighted by Crippen LogP contribution is -2.29. The van der Waals surface area contributed by atoms with E-state index in [0.29, 0.717) is 24.8 Å². The molecule has 0 fully saturated rings. The summed E-state index contributed by atoms with van der Waals surface area (Å²) in [6.07, 6.45) is 3.42. The van der Waals surface area contributed by atoms with Crippen molar-refractivity contribution in [2.75, 3.05) is 19.8 Å². The van der Waals surface area contributed by atoms with Gasteiger partial charge in [-0.05, 0) is 65.1 Å². The molecule has 0 unspecified atom stereocenters. The number of hydrogen-bond donors (Lipinski definition) is 2. The fraction of sp³-hybridized carbons (Fsp3) is 0.148. The third-order valence-corrected chi connectivity index (χ3v) is 6.32. The lowest BCUT2D eigenvalue weighted by molar-refractivity contribution is -0.135. The summed E-state index contributed by atoms with van der Waals surface area (Å²) in [6, 6.07) is 17.6. The molecule has 0 aliphatic carbocycles. The van der Waals surface area contributed by atoms with Crippen molar-refractivity contribution in [2.45, 2.75) is 6.92 Å². The maximum atomic E-state index is 12.1. The van der Waals surface area contributed by atoms with Crippen LogP contribution >= 0.6 is 0 Å². The molecule has 3 aromatic heterocycles. The molecule has 11 nitrogen and oxygen atoms in total. The Morgan fingerprint density at radius 3 is 2.50 bits per heavy atom. The van der Waals surface area contributed by atoms with Gasteiger partial charge in [-0.1, -0.05) is 24.3 Å². The van der Waals surface area contributed by atoms with Gasteiger partial charge in [-0.25, -0.2) is 4.68 Å². The Morgan fingerprint density at radius 1 is 0.947 bits per heavy atom. The van der Waals surface area contributed by atoms with Crippen molar-refractivity contribution < 1.29 is 24.2 Å². The number of carboxylic acids is 1. The Bertz CT molecular complexity index is 1710. The molecule has 1 amide bonds. The predicted octanol–water partition coefficient (Wildman–Crippen LogP) is 3.14. The van der Waals surface area contributed by atoms with Gasteiger partial charge in [0.1, 0.15) is 19.8 Å². The SMILES string of the molecule is Cc1c(-c2ccc3c(c2)OCCO3)cccc1-c1ccn2c(-n3ccc(C(=O)NCC(=O)O)n3)nnc2c1. The van der Waals surface area contributed by atoms with E-state index in [1.165, 1.54) is 10.7 Å². The minimum atomic E-state index is -1.14. The molecule has 190 valence electrons. The van der Waals surface area contributed by atoms with Crippen LogP contribution in [-0.4, -0.2) is 61.1 Å². The summed E-state index contributed by atoms with van der Waals surface area (Å²) < 4.78 is 14.6. The number of nitrogens with one attached hydrogen (secondary N) is 1. The zero-order valence-corrected chi connectivity index (χ0v) is 20.3. The van der Waals surface area contributed by atoms with Gasteiger partial charge < -0.3 is 19.9 Å². The van der Waals surface area contributed by atoms with Crippen LogP contribution in [0.25, 0.3) is 33.8 Å². The first-order valence-corrected chi connectivity index (χ1v) is 11.9. The molecule has 4 heterocycles. The van der Waals surface area contributed by atoms with Gasteiger partial charge in [0.05, 0.1) is 0 Å². The number of carbonyl (C=O) groups is 2. The molecule has 2 N–H and O–H groups in total. The number of benzene rings is 2. The van der Waals surface area contributed by atoms with Gasteiger partial charge in [-0.2, -0.15) is 5.10 Å². The van der Waals surface area contributed by atoms with Crippen LogP contribution in [0, 0.1) is 6.92 Å². The molecular formula is C27H22N6O5. The van der Waals surface area contributed by atoms with Gasteiger partial charge in [-0.15, -0.1) is 10.2 Å². The van der Waals surface area contributed by atoms with Crippen molar-refractivity contribution in [3.8, 4) is 39.7 Å². The zero-order valence-electron chi connectivity index (χ0n) is 20.3. The predicted molar refractivity (Wildman–Crippen MR) is 137 cm³/mol. The van der Waals surface area contributed by atoms with Gasteiger partial charge in [0.2, 0.25) is 0 Å². The summed E-state index contributed by atoms with van der Waals surface area (Å²) in [4.78, 5) is 22.8. The van der Waals surface area contributed by atoms with Crippen molar-refractivity contribution in [1.29, 1.82) is 0 Å². The van der Waals surface area contributed by atoms with Gasteiger partial charge in [-0.3, -0.25) is 14.0 Å². The molecule has 0 bridgehead atoms. The molecule has 0 saturated heterocycles. The number of carbonyl (C=O) groups excluding carboxylic acids is 1. The Kier molecular flexibility index (Phi) is 5.72. The standard InChI is InChI=1S/C27H22N6O5/c1-16-19(17-5-6-22-23(13-17)38-12-11-37-22)3-2-4-20(16)18-7-9-32-24(14-18)29-30-27(32)33-10-8-21(31-33)26(36)28-15-25(34)35/h2-10,13-14H,11-12,15H2,1H3,(H,28,36)(H,34,35). The maximum Gasteiger partial charge on any atom is 0.322 e. The van der Waals surface area contributed by atoms with Crippen LogP contribution in [0.1, 0.15) is 16.1 Å². The van der Waals surface area contributed by atoms with E-state index in [9.17, 15) is 9.59 Å². The number of amides is 1. The summed E-state index contributed by atoms with van der Waals surface area (Å²) in [5, 5.41) is 23.8. The molecule has 2 aromatic carbocycles. The largest absolute Gasteiger partial charge is 0.486 e. The first-order chi connectivity index (χ1) is 18.5. The molecule has 0 radical (unpaired) electrons. The van der Waals surface area contributed by atoms with E-state index in [2.05, 4.69) is 39.7 Å². The topological polar surface area (TPSA) is 133 Å². The number of ether oxygens (including phenoxy) is 2. The number of fused-ring (bicyclic) bond motifs is 2. The van der Waals surface area contributed by atoms with Crippen LogP contribution in [0.3, 0.4) is 0 Å². The molecule has 0 spiro atoms. The first-order valence-electron chi connectivity index (χ1n) is 11.9. The van der Waals surface area contributed by atoms with E-state index in [0.717, 1.165) is 39.3 Å². The van der Waals surface area contributed by atoms with Gasteiger partial charge in [0.15, 0.2) is 22.8 Å². The van der Waals surface area contributed by atoms with E-state index < -0.39 is 18.4 Å². The summed E-state index contributed by atoms with van der Waals surface area (Å²) in [7, 11) is 0. The summed E-state index contributed by atoms with van der Waals surface area (Å²) >= 11 is 0. The van der Waals surface area contributed by atoms with Crippen LogP contribution in [0.4, 0.5) is 0 Å². The highest BCUT2D eigenvalue weighted by Crippen LogP contribution is 2.37. The van der Waals surface area contributed by atoms with Gasteiger partial charge in [0.25, 0.3) is 11.9 Å². The average Bonchev–Trinajstić information content (AvgIpc) is 3.58. The van der Waals surface area contributed by atoms with Gasteiger partial charge in [0, 0.05) is 12.4 Å². The molecule has 38 heavy (non-hydrogen) atoms. The number of aromatic nitrogens is 5.